The van der Waals surface area contributed by atoms with Gasteiger partial charge in [-0.25, -0.2) is 0 Å². The number of aromatic nitrogens is 2. The molecule has 0 radical (unpaired) electrons. The first kappa shape index (κ1) is 13.6. The highest BCUT2D eigenvalue weighted by Crippen LogP contribution is 2.22. The number of rotatable bonds is 5. The summed E-state index contributed by atoms with van der Waals surface area (Å²) in [5, 5.41) is 7.18. The molecule has 1 aliphatic heterocycles. The Balaban J connectivity index is 1.66. The molecule has 0 bridgehead atoms. The third-order valence-corrected chi connectivity index (χ3v) is 4.10. The van der Waals surface area contributed by atoms with Crippen molar-refractivity contribution in [2.75, 3.05) is 19.3 Å². The quantitative estimate of drug-likeness (QED) is 0.853. The van der Waals surface area contributed by atoms with E-state index in [0.717, 1.165) is 18.7 Å². The number of ether oxygens (including phenoxy) is 1. The first-order valence-corrected chi connectivity index (χ1v) is 7.73. The van der Waals surface area contributed by atoms with Crippen molar-refractivity contribution in [3.8, 4) is 11.4 Å². The number of hydrogen-bond donors (Lipinski definition) is 1. The van der Waals surface area contributed by atoms with Gasteiger partial charge in [-0.1, -0.05) is 5.16 Å². The van der Waals surface area contributed by atoms with E-state index < -0.39 is 0 Å². The lowest BCUT2D eigenvalue weighted by Crippen LogP contribution is -2.58. The molecular formula is C14H17N3O2S. The summed E-state index contributed by atoms with van der Waals surface area (Å²) in [5.41, 5.74) is 0.851. The number of benzene rings is 1. The number of thioether (sulfide) groups is 1. The van der Waals surface area contributed by atoms with Crippen LogP contribution in [0.2, 0.25) is 0 Å². The predicted octanol–water partition coefficient (Wildman–Crippen LogP) is 2.34. The van der Waals surface area contributed by atoms with Gasteiger partial charge in [0.2, 0.25) is 5.82 Å². The summed E-state index contributed by atoms with van der Waals surface area (Å²) in [5.74, 6) is 1.12. The molecule has 0 spiro atoms. The highest BCUT2D eigenvalue weighted by molar-refractivity contribution is 7.98. The summed E-state index contributed by atoms with van der Waals surface area (Å²) in [6, 6.07) is 8.10. The predicted molar refractivity (Wildman–Crippen MR) is 77.6 cm³/mol. The fraction of sp³-hybridized carbons (Fsp3) is 0.429. The van der Waals surface area contributed by atoms with Crippen LogP contribution >= 0.6 is 11.8 Å². The minimum Gasteiger partial charge on any atom is -0.363 e. The molecule has 0 atom stereocenters. The Labute approximate surface area is 122 Å². The zero-order chi connectivity index (χ0) is 14.0. The molecule has 0 saturated carbocycles. The normalized spacial score (nSPS) is 16.9. The highest BCUT2D eigenvalue weighted by atomic mass is 32.2. The Morgan fingerprint density at radius 3 is 2.70 bits per heavy atom. The van der Waals surface area contributed by atoms with Crippen molar-refractivity contribution in [2.24, 2.45) is 0 Å². The minimum absolute atomic E-state index is 0.103. The molecule has 5 nitrogen and oxygen atoms in total. The third-order valence-electron chi connectivity index (χ3n) is 3.36. The van der Waals surface area contributed by atoms with Crippen LogP contribution in [0, 0.1) is 0 Å². The second-order valence-electron chi connectivity index (χ2n) is 5.08. The van der Waals surface area contributed by atoms with E-state index in [4.69, 9.17) is 9.26 Å². The average Bonchev–Trinajstić information content (AvgIpc) is 2.92. The van der Waals surface area contributed by atoms with Crippen molar-refractivity contribution in [1.29, 1.82) is 0 Å². The standard InChI is InChI=1S/C14H17N3O2S/c1-14(8-15-9-14)18-7-12-16-13(17-19-12)10-3-5-11(20-2)6-4-10/h3-6,15H,7-9H2,1-2H3. The molecule has 3 rings (SSSR count). The molecule has 0 unspecified atom stereocenters. The Kier molecular flexibility index (Phi) is 3.78. The van der Waals surface area contributed by atoms with Gasteiger partial charge in [0.25, 0.3) is 5.89 Å². The number of nitrogens with one attached hydrogen (secondary N) is 1. The maximum absolute atomic E-state index is 5.78. The molecule has 6 heteroatoms. The van der Waals surface area contributed by atoms with Crippen LogP contribution in [0.1, 0.15) is 12.8 Å². The van der Waals surface area contributed by atoms with Crippen molar-refractivity contribution < 1.29 is 9.26 Å². The molecule has 20 heavy (non-hydrogen) atoms. The molecular weight excluding hydrogens is 274 g/mol. The Morgan fingerprint density at radius 1 is 1.35 bits per heavy atom. The van der Waals surface area contributed by atoms with E-state index >= 15 is 0 Å². The van der Waals surface area contributed by atoms with Crippen LogP contribution in [0.15, 0.2) is 33.7 Å². The van der Waals surface area contributed by atoms with Crippen LogP contribution < -0.4 is 5.32 Å². The topological polar surface area (TPSA) is 60.2 Å². The van der Waals surface area contributed by atoms with E-state index in [1.165, 1.54) is 4.90 Å². The Hall–Kier alpha value is -1.37. The Morgan fingerprint density at radius 2 is 2.10 bits per heavy atom. The lowest BCUT2D eigenvalue weighted by molar-refractivity contribution is -0.0841. The van der Waals surface area contributed by atoms with Crippen LogP contribution in [0.5, 0.6) is 0 Å². The van der Waals surface area contributed by atoms with E-state index in [2.05, 4.69) is 28.6 Å². The van der Waals surface area contributed by atoms with Gasteiger partial charge in [0.15, 0.2) is 0 Å². The average molecular weight is 291 g/mol. The molecule has 0 amide bonds. The molecule has 0 aliphatic carbocycles. The van der Waals surface area contributed by atoms with Crippen molar-refractivity contribution in [2.45, 2.75) is 24.0 Å². The second kappa shape index (κ2) is 5.55. The first-order valence-electron chi connectivity index (χ1n) is 6.50. The van der Waals surface area contributed by atoms with Gasteiger partial charge >= 0.3 is 0 Å². The van der Waals surface area contributed by atoms with Gasteiger partial charge in [-0.2, -0.15) is 4.98 Å². The van der Waals surface area contributed by atoms with Gasteiger partial charge in [0, 0.05) is 23.5 Å². The van der Waals surface area contributed by atoms with Gasteiger partial charge < -0.3 is 14.6 Å². The molecule has 1 aliphatic rings. The first-order chi connectivity index (χ1) is 9.68. The van der Waals surface area contributed by atoms with Crippen LogP contribution in [0.25, 0.3) is 11.4 Å². The summed E-state index contributed by atoms with van der Waals surface area (Å²) in [4.78, 5) is 5.58. The van der Waals surface area contributed by atoms with Crippen molar-refractivity contribution in [3.05, 3.63) is 30.2 Å². The van der Waals surface area contributed by atoms with Crippen molar-refractivity contribution >= 4 is 11.8 Å². The molecule has 1 saturated heterocycles. The van der Waals surface area contributed by atoms with Crippen LogP contribution in [0.3, 0.4) is 0 Å². The monoisotopic (exact) mass is 291 g/mol. The molecule has 1 fully saturated rings. The van der Waals surface area contributed by atoms with Gasteiger partial charge in [0.1, 0.15) is 6.61 Å². The van der Waals surface area contributed by atoms with E-state index in [9.17, 15) is 0 Å². The largest absolute Gasteiger partial charge is 0.363 e. The molecule has 2 aromatic rings. The summed E-state index contributed by atoms with van der Waals surface area (Å²) < 4.78 is 11.0. The fourth-order valence-electron chi connectivity index (χ4n) is 1.99. The molecule has 106 valence electrons. The van der Waals surface area contributed by atoms with E-state index in [0.29, 0.717) is 18.3 Å². The highest BCUT2D eigenvalue weighted by Gasteiger charge is 2.33. The zero-order valence-electron chi connectivity index (χ0n) is 11.5. The molecule has 1 N–H and O–H groups in total. The van der Waals surface area contributed by atoms with Gasteiger partial charge in [-0.3, -0.25) is 0 Å². The van der Waals surface area contributed by atoms with Crippen molar-refractivity contribution in [1.82, 2.24) is 15.5 Å². The van der Waals surface area contributed by atoms with Gasteiger partial charge in [-0.15, -0.1) is 11.8 Å². The number of nitrogens with zero attached hydrogens (tertiary/aromatic N) is 2. The van der Waals surface area contributed by atoms with E-state index in [1.54, 1.807) is 11.8 Å². The number of hydrogen-bond acceptors (Lipinski definition) is 6. The van der Waals surface area contributed by atoms with Gasteiger partial charge in [0.05, 0.1) is 5.60 Å². The smallest absolute Gasteiger partial charge is 0.252 e. The van der Waals surface area contributed by atoms with Crippen LogP contribution in [0.4, 0.5) is 0 Å². The zero-order valence-corrected chi connectivity index (χ0v) is 12.4. The lowest BCUT2D eigenvalue weighted by atomic mass is 10.0. The van der Waals surface area contributed by atoms with Crippen LogP contribution in [-0.2, 0) is 11.3 Å². The maximum Gasteiger partial charge on any atom is 0.252 e. The molecule has 2 heterocycles. The van der Waals surface area contributed by atoms with Crippen LogP contribution in [-0.4, -0.2) is 35.1 Å². The summed E-state index contributed by atoms with van der Waals surface area (Å²) in [7, 11) is 0. The van der Waals surface area contributed by atoms with Gasteiger partial charge in [-0.05, 0) is 37.4 Å². The van der Waals surface area contributed by atoms with E-state index in [1.807, 2.05) is 24.3 Å². The Bertz CT molecular complexity index is 578. The summed E-state index contributed by atoms with van der Waals surface area (Å²) in [6.07, 6.45) is 2.05. The van der Waals surface area contributed by atoms with E-state index in [-0.39, 0.29) is 5.60 Å². The lowest BCUT2D eigenvalue weighted by Gasteiger charge is -2.38. The SMILES string of the molecule is CSc1ccc(-c2noc(COC3(C)CNC3)n2)cc1. The van der Waals surface area contributed by atoms with Crippen molar-refractivity contribution in [3.63, 3.8) is 0 Å². The minimum atomic E-state index is -0.103. The summed E-state index contributed by atoms with van der Waals surface area (Å²) in [6.45, 7) is 4.16. The third kappa shape index (κ3) is 2.87. The molecule has 1 aromatic heterocycles. The second-order valence-corrected chi connectivity index (χ2v) is 5.96. The molecule has 1 aromatic carbocycles. The summed E-state index contributed by atoms with van der Waals surface area (Å²) >= 11 is 1.71. The maximum atomic E-state index is 5.78. The fourth-order valence-corrected chi connectivity index (χ4v) is 2.39.